The van der Waals surface area contributed by atoms with Crippen molar-refractivity contribution in [3.05, 3.63) is 59.2 Å². The summed E-state index contributed by atoms with van der Waals surface area (Å²) in [5, 5.41) is 2.92. The van der Waals surface area contributed by atoms with Gasteiger partial charge in [-0.1, -0.05) is 24.3 Å². The minimum absolute atomic E-state index is 0.00662. The first-order valence-electron chi connectivity index (χ1n) is 9.82. The third-order valence-corrected chi connectivity index (χ3v) is 5.02. The summed E-state index contributed by atoms with van der Waals surface area (Å²) < 4.78 is 0. The molecule has 0 fully saturated rings. The van der Waals surface area contributed by atoms with Crippen LogP contribution in [0.25, 0.3) is 0 Å². The highest BCUT2D eigenvalue weighted by Gasteiger charge is 2.18. The van der Waals surface area contributed by atoms with E-state index in [1.165, 1.54) is 11.8 Å². The molecule has 150 valence electrons. The van der Waals surface area contributed by atoms with Gasteiger partial charge in [0.2, 0.25) is 11.8 Å². The number of nitrogens with zero attached hydrogens (tertiary/aromatic N) is 2. The Morgan fingerprint density at radius 3 is 2.21 bits per heavy atom. The average Bonchev–Trinajstić information content (AvgIpc) is 2.67. The highest BCUT2D eigenvalue weighted by Crippen LogP contribution is 2.26. The standard InChI is InChI=1S/C23H31N3O2/c1-6-25(7-2)21-12-13-22(18(4)14-21)26(19(5)27)16-23(28)24-15-20-11-9-8-10-17(20)3/h8-14H,6-7,15-16H2,1-5H3,(H,24,28). The van der Waals surface area contributed by atoms with Crippen LogP contribution in [-0.2, 0) is 16.1 Å². The van der Waals surface area contributed by atoms with Crippen molar-refractivity contribution in [3.63, 3.8) is 0 Å². The molecule has 0 bridgehead atoms. The van der Waals surface area contributed by atoms with Crippen molar-refractivity contribution in [2.75, 3.05) is 29.4 Å². The molecule has 0 aliphatic rings. The van der Waals surface area contributed by atoms with Gasteiger partial charge in [-0.05, 0) is 62.6 Å². The van der Waals surface area contributed by atoms with Gasteiger partial charge in [0, 0.05) is 37.9 Å². The lowest BCUT2D eigenvalue weighted by Gasteiger charge is -2.26. The predicted molar refractivity (Wildman–Crippen MR) is 116 cm³/mol. The van der Waals surface area contributed by atoms with Gasteiger partial charge < -0.3 is 15.1 Å². The first-order chi connectivity index (χ1) is 13.4. The van der Waals surface area contributed by atoms with Crippen LogP contribution in [0, 0.1) is 13.8 Å². The fraction of sp³-hybridized carbons (Fsp3) is 0.391. The van der Waals surface area contributed by atoms with E-state index in [4.69, 9.17) is 0 Å². The molecule has 2 aromatic carbocycles. The topological polar surface area (TPSA) is 52.6 Å². The van der Waals surface area contributed by atoms with Gasteiger partial charge in [0.15, 0.2) is 0 Å². The molecule has 2 aromatic rings. The fourth-order valence-corrected chi connectivity index (χ4v) is 3.30. The van der Waals surface area contributed by atoms with Gasteiger partial charge in [-0.2, -0.15) is 0 Å². The van der Waals surface area contributed by atoms with Crippen LogP contribution in [0.1, 0.15) is 37.5 Å². The molecule has 0 radical (unpaired) electrons. The molecule has 0 saturated heterocycles. The van der Waals surface area contributed by atoms with Crippen LogP contribution in [0.3, 0.4) is 0 Å². The summed E-state index contributed by atoms with van der Waals surface area (Å²) in [7, 11) is 0. The van der Waals surface area contributed by atoms with Gasteiger partial charge in [-0.3, -0.25) is 9.59 Å². The molecule has 5 heteroatoms. The van der Waals surface area contributed by atoms with E-state index in [0.29, 0.717) is 6.54 Å². The number of anilines is 2. The molecule has 1 N–H and O–H groups in total. The molecule has 0 spiro atoms. The number of benzene rings is 2. The summed E-state index contributed by atoms with van der Waals surface area (Å²) in [5.74, 6) is -0.324. The zero-order valence-corrected chi connectivity index (χ0v) is 17.6. The fourth-order valence-electron chi connectivity index (χ4n) is 3.30. The van der Waals surface area contributed by atoms with Gasteiger partial charge in [0.05, 0.1) is 0 Å². The quantitative estimate of drug-likeness (QED) is 0.756. The monoisotopic (exact) mass is 381 g/mol. The average molecular weight is 382 g/mol. The molecule has 0 aliphatic heterocycles. The Labute approximate surface area is 168 Å². The maximum atomic E-state index is 12.5. The summed E-state index contributed by atoms with van der Waals surface area (Å²) in [6.07, 6.45) is 0. The third kappa shape index (κ3) is 5.35. The molecule has 0 aliphatic carbocycles. The minimum Gasteiger partial charge on any atom is -0.372 e. The number of carbonyl (C=O) groups excluding carboxylic acids is 2. The van der Waals surface area contributed by atoms with Crippen LogP contribution in [0.5, 0.6) is 0 Å². The Balaban J connectivity index is 2.11. The second kappa shape index (κ2) is 9.93. The highest BCUT2D eigenvalue weighted by molar-refractivity contribution is 5.98. The molecular formula is C23H31N3O2. The van der Waals surface area contributed by atoms with Crippen LogP contribution < -0.4 is 15.1 Å². The Kier molecular flexibility index (Phi) is 7.61. The Bertz CT molecular complexity index is 828. The normalized spacial score (nSPS) is 10.5. The molecule has 28 heavy (non-hydrogen) atoms. The van der Waals surface area contributed by atoms with Gasteiger partial charge >= 0.3 is 0 Å². The largest absolute Gasteiger partial charge is 0.372 e. The zero-order valence-electron chi connectivity index (χ0n) is 17.6. The Hall–Kier alpha value is -2.82. The van der Waals surface area contributed by atoms with Crippen molar-refractivity contribution in [1.29, 1.82) is 0 Å². The first kappa shape index (κ1) is 21.5. The lowest BCUT2D eigenvalue weighted by molar-refractivity contribution is -0.123. The highest BCUT2D eigenvalue weighted by atomic mass is 16.2. The SMILES string of the molecule is CCN(CC)c1ccc(N(CC(=O)NCc2ccccc2C)C(C)=O)c(C)c1. The molecule has 0 saturated carbocycles. The molecule has 0 heterocycles. The van der Waals surface area contributed by atoms with Crippen molar-refractivity contribution >= 4 is 23.2 Å². The predicted octanol–water partition coefficient (Wildman–Crippen LogP) is 3.82. The van der Waals surface area contributed by atoms with E-state index in [0.717, 1.165) is 41.2 Å². The number of rotatable bonds is 8. The molecule has 5 nitrogen and oxygen atoms in total. The van der Waals surface area contributed by atoms with Crippen molar-refractivity contribution in [2.45, 2.75) is 41.2 Å². The van der Waals surface area contributed by atoms with Crippen molar-refractivity contribution in [2.24, 2.45) is 0 Å². The summed E-state index contributed by atoms with van der Waals surface area (Å²) in [5.41, 5.74) is 5.08. The second-order valence-electron chi connectivity index (χ2n) is 6.95. The zero-order chi connectivity index (χ0) is 20.7. The summed E-state index contributed by atoms with van der Waals surface area (Å²) >= 11 is 0. The molecule has 2 rings (SSSR count). The van der Waals surface area contributed by atoms with E-state index in [2.05, 4.69) is 30.1 Å². The smallest absolute Gasteiger partial charge is 0.240 e. The second-order valence-corrected chi connectivity index (χ2v) is 6.95. The minimum atomic E-state index is -0.175. The van der Waals surface area contributed by atoms with Crippen LogP contribution >= 0.6 is 0 Å². The van der Waals surface area contributed by atoms with Gasteiger partial charge in [0.1, 0.15) is 6.54 Å². The maximum absolute atomic E-state index is 12.5. The van der Waals surface area contributed by atoms with Gasteiger partial charge in [-0.25, -0.2) is 0 Å². The number of aryl methyl sites for hydroxylation is 2. The van der Waals surface area contributed by atoms with Crippen molar-refractivity contribution < 1.29 is 9.59 Å². The van der Waals surface area contributed by atoms with Gasteiger partial charge in [0.25, 0.3) is 0 Å². The molecule has 0 unspecified atom stereocenters. The van der Waals surface area contributed by atoms with Gasteiger partial charge in [-0.15, -0.1) is 0 Å². The maximum Gasteiger partial charge on any atom is 0.240 e. The van der Waals surface area contributed by atoms with E-state index in [1.807, 2.05) is 50.2 Å². The van der Waals surface area contributed by atoms with Crippen molar-refractivity contribution in [3.8, 4) is 0 Å². The van der Waals surface area contributed by atoms with Crippen LogP contribution in [0.2, 0.25) is 0 Å². The number of carbonyl (C=O) groups is 2. The lowest BCUT2D eigenvalue weighted by Crippen LogP contribution is -2.40. The molecule has 0 atom stereocenters. The molecule has 2 amide bonds. The summed E-state index contributed by atoms with van der Waals surface area (Å²) in [6.45, 7) is 12.0. The molecule has 0 aromatic heterocycles. The van der Waals surface area contributed by atoms with Crippen LogP contribution in [-0.4, -0.2) is 31.4 Å². The van der Waals surface area contributed by atoms with E-state index in [9.17, 15) is 9.59 Å². The van der Waals surface area contributed by atoms with Crippen LogP contribution in [0.4, 0.5) is 11.4 Å². The Morgan fingerprint density at radius 1 is 0.964 bits per heavy atom. The lowest BCUT2D eigenvalue weighted by atomic mass is 10.1. The number of nitrogens with one attached hydrogen (secondary N) is 1. The van der Waals surface area contributed by atoms with E-state index < -0.39 is 0 Å². The number of hydrogen-bond donors (Lipinski definition) is 1. The summed E-state index contributed by atoms with van der Waals surface area (Å²) in [4.78, 5) is 28.5. The summed E-state index contributed by atoms with van der Waals surface area (Å²) in [6, 6.07) is 14.0. The van der Waals surface area contributed by atoms with E-state index >= 15 is 0 Å². The number of hydrogen-bond acceptors (Lipinski definition) is 3. The number of amides is 2. The van der Waals surface area contributed by atoms with Crippen LogP contribution in [0.15, 0.2) is 42.5 Å². The van der Waals surface area contributed by atoms with E-state index in [1.54, 1.807) is 0 Å². The molecular weight excluding hydrogens is 350 g/mol. The third-order valence-electron chi connectivity index (χ3n) is 5.02. The first-order valence-corrected chi connectivity index (χ1v) is 9.82. The van der Waals surface area contributed by atoms with E-state index in [-0.39, 0.29) is 18.4 Å². The van der Waals surface area contributed by atoms with Crippen molar-refractivity contribution in [1.82, 2.24) is 5.32 Å². The Morgan fingerprint density at radius 2 is 1.64 bits per heavy atom.